The van der Waals surface area contributed by atoms with Crippen LogP contribution in [-0.4, -0.2) is 19.9 Å². The molecule has 16 heavy (non-hydrogen) atoms. The quantitative estimate of drug-likeness (QED) is 0.753. The van der Waals surface area contributed by atoms with Gasteiger partial charge in [-0.2, -0.15) is 0 Å². The third-order valence-electron chi connectivity index (χ3n) is 2.67. The third-order valence-corrected chi connectivity index (χ3v) is 2.67. The molecule has 0 aromatic heterocycles. The van der Waals surface area contributed by atoms with Crippen LogP contribution in [-0.2, 0) is 9.47 Å². The van der Waals surface area contributed by atoms with E-state index >= 15 is 0 Å². The summed E-state index contributed by atoms with van der Waals surface area (Å²) in [6.07, 6.45) is 0.842. The maximum absolute atomic E-state index is 5.52. The van der Waals surface area contributed by atoms with E-state index in [2.05, 4.69) is 32.0 Å². The molecule has 0 aliphatic rings. The molecule has 0 fully saturated rings. The Morgan fingerprint density at radius 3 is 2.62 bits per heavy atom. The zero-order valence-electron chi connectivity index (χ0n) is 10.3. The van der Waals surface area contributed by atoms with E-state index in [1.807, 2.05) is 6.07 Å². The second kappa shape index (κ2) is 6.63. The number of methoxy groups -OCH3 is 1. The minimum absolute atomic E-state index is 0.0109. The van der Waals surface area contributed by atoms with Crippen molar-refractivity contribution in [3.8, 4) is 0 Å². The van der Waals surface area contributed by atoms with Crippen molar-refractivity contribution in [1.29, 1.82) is 0 Å². The molecule has 0 saturated carbocycles. The Hall–Kier alpha value is -0.900. The summed E-state index contributed by atoms with van der Waals surface area (Å²) in [5.74, 6) is 0. The summed E-state index contributed by atoms with van der Waals surface area (Å²) in [6, 6.07) is 8.28. The molecule has 3 nitrogen and oxygen atoms in total. The third kappa shape index (κ3) is 3.30. The lowest BCUT2D eigenvalue weighted by molar-refractivity contribution is -0.0580. The largest absolute Gasteiger partial charge is 0.374 e. The maximum Gasteiger partial charge on any atom is 0.108 e. The van der Waals surface area contributed by atoms with Gasteiger partial charge in [0.05, 0.1) is 12.8 Å². The molecule has 0 radical (unpaired) electrons. The van der Waals surface area contributed by atoms with Crippen LogP contribution in [0, 0.1) is 6.92 Å². The van der Waals surface area contributed by atoms with Crippen LogP contribution in [0.2, 0.25) is 0 Å². The highest BCUT2D eigenvalue weighted by atomic mass is 16.5. The van der Waals surface area contributed by atoms with Crippen LogP contribution in [0.15, 0.2) is 24.3 Å². The molecule has 1 aromatic rings. The molecule has 3 heteroatoms. The molecule has 2 unspecified atom stereocenters. The minimum atomic E-state index is -0.0477. The summed E-state index contributed by atoms with van der Waals surface area (Å²) in [5, 5.41) is 0. The molecule has 0 aliphatic heterocycles. The number of aryl methyl sites for hydroxylation is 1. The summed E-state index contributed by atoms with van der Waals surface area (Å²) in [6.45, 7) is 4.37. The summed E-state index contributed by atoms with van der Waals surface area (Å²) in [7, 11) is 1.70. The Kier molecular flexibility index (Phi) is 5.46. The van der Waals surface area contributed by atoms with Crippen molar-refractivity contribution in [2.24, 2.45) is 5.73 Å². The highest BCUT2D eigenvalue weighted by molar-refractivity contribution is 5.25. The predicted molar refractivity (Wildman–Crippen MR) is 65.1 cm³/mol. The van der Waals surface area contributed by atoms with Gasteiger partial charge in [0.25, 0.3) is 0 Å². The van der Waals surface area contributed by atoms with E-state index in [1.165, 1.54) is 5.56 Å². The molecule has 0 aliphatic carbocycles. The van der Waals surface area contributed by atoms with Crippen molar-refractivity contribution in [2.45, 2.75) is 32.5 Å². The average molecular weight is 223 g/mol. The lowest BCUT2D eigenvalue weighted by Gasteiger charge is -2.25. The Balaban J connectivity index is 2.87. The molecule has 1 aromatic carbocycles. The second-order valence-corrected chi connectivity index (χ2v) is 3.85. The first-order chi connectivity index (χ1) is 7.72. The normalized spacial score (nSPS) is 14.8. The number of rotatable bonds is 6. The fourth-order valence-corrected chi connectivity index (χ4v) is 1.89. The molecule has 2 N–H and O–H groups in total. The number of hydrogen-bond acceptors (Lipinski definition) is 3. The molecule has 0 spiro atoms. The van der Waals surface area contributed by atoms with Gasteiger partial charge in [-0.1, -0.05) is 36.8 Å². The monoisotopic (exact) mass is 223 g/mol. The molecule has 0 saturated heterocycles. The van der Waals surface area contributed by atoms with Gasteiger partial charge in [0.2, 0.25) is 0 Å². The topological polar surface area (TPSA) is 44.5 Å². The van der Waals surface area contributed by atoms with Crippen molar-refractivity contribution in [3.05, 3.63) is 35.4 Å². The van der Waals surface area contributed by atoms with E-state index in [0.717, 1.165) is 12.0 Å². The van der Waals surface area contributed by atoms with Crippen molar-refractivity contribution < 1.29 is 9.47 Å². The van der Waals surface area contributed by atoms with Gasteiger partial charge in [-0.05, 0) is 18.9 Å². The highest BCUT2D eigenvalue weighted by Gasteiger charge is 2.21. The van der Waals surface area contributed by atoms with Crippen LogP contribution in [0.25, 0.3) is 0 Å². The zero-order chi connectivity index (χ0) is 12.0. The molecule has 2 atom stereocenters. The van der Waals surface area contributed by atoms with Gasteiger partial charge in [0.1, 0.15) is 6.10 Å². The zero-order valence-corrected chi connectivity index (χ0v) is 10.3. The second-order valence-electron chi connectivity index (χ2n) is 3.85. The molecule has 1 rings (SSSR count). The molecular weight excluding hydrogens is 202 g/mol. The Morgan fingerprint density at radius 1 is 1.38 bits per heavy atom. The summed E-state index contributed by atoms with van der Waals surface area (Å²) in [4.78, 5) is 0. The molecule has 90 valence electrons. The van der Waals surface area contributed by atoms with E-state index in [1.54, 1.807) is 7.11 Å². The van der Waals surface area contributed by atoms with Gasteiger partial charge < -0.3 is 15.2 Å². The summed E-state index contributed by atoms with van der Waals surface area (Å²) >= 11 is 0. The molecular formula is C13H21NO2. The highest BCUT2D eigenvalue weighted by Crippen LogP contribution is 2.25. The molecule has 0 heterocycles. The number of benzene rings is 1. The van der Waals surface area contributed by atoms with Crippen molar-refractivity contribution in [1.82, 2.24) is 0 Å². The van der Waals surface area contributed by atoms with Gasteiger partial charge in [-0.3, -0.25) is 0 Å². The van der Waals surface area contributed by atoms with Gasteiger partial charge >= 0.3 is 0 Å². The van der Waals surface area contributed by atoms with Crippen LogP contribution in [0.3, 0.4) is 0 Å². The van der Waals surface area contributed by atoms with E-state index in [9.17, 15) is 0 Å². The first kappa shape index (κ1) is 13.2. The Morgan fingerprint density at radius 2 is 2.12 bits per heavy atom. The predicted octanol–water partition coefficient (Wildman–Crippen LogP) is 2.39. The van der Waals surface area contributed by atoms with Crippen molar-refractivity contribution >= 4 is 0 Å². The van der Waals surface area contributed by atoms with Crippen LogP contribution in [0.4, 0.5) is 0 Å². The van der Waals surface area contributed by atoms with E-state index in [-0.39, 0.29) is 18.9 Å². The average Bonchev–Trinajstić information content (AvgIpc) is 2.29. The first-order valence-electron chi connectivity index (χ1n) is 5.64. The fourth-order valence-electron chi connectivity index (χ4n) is 1.89. The smallest absolute Gasteiger partial charge is 0.108 e. The first-order valence-corrected chi connectivity index (χ1v) is 5.64. The van der Waals surface area contributed by atoms with E-state index in [4.69, 9.17) is 15.2 Å². The number of ether oxygens (including phenoxy) is 2. The van der Waals surface area contributed by atoms with Crippen LogP contribution in [0.1, 0.15) is 30.6 Å². The van der Waals surface area contributed by atoms with Gasteiger partial charge in [-0.25, -0.2) is 0 Å². The Labute approximate surface area is 97.6 Å². The van der Waals surface area contributed by atoms with Gasteiger partial charge in [0, 0.05) is 7.11 Å². The maximum atomic E-state index is 5.52. The van der Waals surface area contributed by atoms with Crippen LogP contribution in [0.5, 0.6) is 0 Å². The summed E-state index contributed by atoms with van der Waals surface area (Å²) in [5.41, 5.74) is 7.79. The van der Waals surface area contributed by atoms with Gasteiger partial charge in [0.15, 0.2) is 0 Å². The van der Waals surface area contributed by atoms with Gasteiger partial charge in [-0.15, -0.1) is 0 Å². The van der Waals surface area contributed by atoms with Crippen LogP contribution >= 0.6 is 0 Å². The SMILES string of the molecule is CCC(OCN)C(OC)c1cccc(C)c1. The standard InChI is InChI=1S/C13H21NO2/c1-4-12(16-9-14)13(15-3)11-7-5-6-10(2)8-11/h5-8,12-13H,4,9,14H2,1-3H3. The number of hydrogen-bond donors (Lipinski definition) is 1. The lowest BCUT2D eigenvalue weighted by Crippen LogP contribution is -2.26. The number of nitrogens with two attached hydrogens (primary N) is 1. The van der Waals surface area contributed by atoms with Crippen LogP contribution < -0.4 is 5.73 Å². The molecule has 0 bridgehead atoms. The van der Waals surface area contributed by atoms with Crippen molar-refractivity contribution in [2.75, 3.05) is 13.8 Å². The Bertz CT molecular complexity index is 315. The minimum Gasteiger partial charge on any atom is -0.374 e. The molecule has 0 amide bonds. The van der Waals surface area contributed by atoms with E-state index in [0.29, 0.717) is 0 Å². The lowest BCUT2D eigenvalue weighted by atomic mass is 10.0. The summed E-state index contributed by atoms with van der Waals surface area (Å²) < 4.78 is 11.0. The fraction of sp³-hybridized carbons (Fsp3) is 0.538. The van der Waals surface area contributed by atoms with E-state index < -0.39 is 0 Å². The van der Waals surface area contributed by atoms with Crippen molar-refractivity contribution in [3.63, 3.8) is 0 Å².